The molecule has 1 N–H and O–H groups in total. The predicted molar refractivity (Wildman–Crippen MR) is 60.6 cm³/mol. The molecule has 0 amide bonds. The van der Waals surface area contributed by atoms with E-state index in [9.17, 15) is 5.11 Å². The fraction of sp³-hybridized carbons (Fsp3) is 1.00. The van der Waals surface area contributed by atoms with Gasteiger partial charge >= 0.3 is 0 Å². The van der Waals surface area contributed by atoms with Gasteiger partial charge in [0.15, 0.2) is 0 Å². The molecular weight excluding hydrogens is 214 g/mol. The summed E-state index contributed by atoms with van der Waals surface area (Å²) in [6.07, 6.45) is -0.704. The summed E-state index contributed by atoms with van der Waals surface area (Å²) in [7, 11) is 0. The summed E-state index contributed by atoms with van der Waals surface area (Å²) in [5.74, 6) is 0.835. The van der Waals surface area contributed by atoms with Gasteiger partial charge in [-0.3, -0.25) is 0 Å². The Morgan fingerprint density at radius 3 is 2.73 bits per heavy atom. The van der Waals surface area contributed by atoms with Gasteiger partial charge in [-0.2, -0.15) is 0 Å². The molecule has 1 rings (SSSR count). The van der Waals surface area contributed by atoms with Gasteiger partial charge < -0.3 is 9.84 Å². The van der Waals surface area contributed by atoms with Crippen LogP contribution in [0.1, 0.15) is 20.8 Å². The van der Waals surface area contributed by atoms with Gasteiger partial charge in [0.25, 0.3) is 0 Å². The second-order valence-corrected chi connectivity index (χ2v) is 5.09. The second kappa shape index (κ2) is 5.61. The van der Waals surface area contributed by atoms with Gasteiger partial charge in [-0.1, -0.05) is 19.0 Å². The van der Waals surface area contributed by atoms with Gasteiger partial charge in [-0.25, -0.2) is 0 Å². The third-order valence-corrected chi connectivity index (χ3v) is 3.75. The Bertz CT molecular complexity index is 258. The van der Waals surface area contributed by atoms with E-state index in [1.54, 1.807) is 11.8 Å². The first-order valence-electron chi connectivity index (χ1n) is 5.11. The Hall–Kier alpha value is -0.420. The van der Waals surface area contributed by atoms with Crippen molar-refractivity contribution in [2.45, 2.75) is 44.5 Å². The van der Waals surface area contributed by atoms with Crippen molar-refractivity contribution in [2.24, 2.45) is 11.0 Å². The maximum Gasteiger partial charge on any atom is 0.129 e. The maximum absolute atomic E-state index is 9.95. The van der Waals surface area contributed by atoms with Crippen molar-refractivity contribution >= 4 is 11.8 Å². The van der Waals surface area contributed by atoms with Crippen LogP contribution in [-0.4, -0.2) is 34.5 Å². The van der Waals surface area contributed by atoms with Crippen LogP contribution in [-0.2, 0) is 4.74 Å². The fourth-order valence-corrected chi connectivity index (χ4v) is 2.84. The highest BCUT2D eigenvalue weighted by molar-refractivity contribution is 7.99. The van der Waals surface area contributed by atoms with E-state index >= 15 is 0 Å². The highest BCUT2D eigenvalue weighted by atomic mass is 32.2. The standard InChI is InChI=1S/C9H17N3O2S/c1-4-15-9-8(13)5(2)7(11-12-10)6(3)14-9/h5-9,13H,4H2,1-3H3/t5-,6?,7-,8?,9+/m0/s1. The average Bonchev–Trinajstić information content (AvgIpc) is 2.21. The first-order valence-corrected chi connectivity index (χ1v) is 6.16. The molecule has 15 heavy (non-hydrogen) atoms. The molecule has 0 spiro atoms. The molecule has 0 aliphatic carbocycles. The van der Waals surface area contributed by atoms with Gasteiger partial charge in [0.05, 0.1) is 18.2 Å². The molecule has 0 saturated carbocycles. The smallest absolute Gasteiger partial charge is 0.129 e. The number of nitrogens with zero attached hydrogens (tertiary/aromatic N) is 3. The largest absolute Gasteiger partial charge is 0.389 e. The van der Waals surface area contributed by atoms with E-state index in [1.807, 2.05) is 20.8 Å². The van der Waals surface area contributed by atoms with Crippen LogP contribution in [0.2, 0.25) is 0 Å². The third-order valence-electron chi connectivity index (χ3n) is 2.70. The number of aliphatic hydroxyl groups is 1. The number of thioether (sulfide) groups is 1. The Morgan fingerprint density at radius 1 is 1.53 bits per heavy atom. The van der Waals surface area contributed by atoms with Crippen molar-refractivity contribution in [3.05, 3.63) is 10.4 Å². The van der Waals surface area contributed by atoms with Crippen molar-refractivity contribution in [3.63, 3.8) is 0 Å². The Balaban J connectivity index is 2.73. The van der Waals surface area contributed by atoms with Gasteiger partial charge in [-0.05, 0) is 24.1 Å². The number of hydrogen-bond acceptors (Lipinski definition) is 4. The molecule has 5 nitrogen and oxygen atoms in total. The van der Waals surface area contributed by atoms with Crippen molar-refractivity contribution < 1.29 is 9.84 Å². The van der Waals surface area contributed by atoms with E-state index in [4.69, 9.17) is 10.3 Å². The molecular formula is C9H17N3O2S. The van der Waals surface area contributed by atoms with Crippen LogP contribution in [0.25, 0.3) is 10.4 Å². The number of aliphatic hydroxyl groups excluding tert-OH is 1. The quantitative estimate of drug-likeness (QED) is 0.459. The van der Waals surface area contributed by atoms with Crippen molar-refractivity contribution in [1.29, 1.82) is 0 Å². The van der Waals surface area contributed by atoms with Crippen LogP contribution in [0.15, 0.2) is 5.11 Å². The molecule has 0 radical (unpaired) electrons. The predicted octanol–water partition coefficient (Wildman–Crippen LogP) is 2.16. The molecule has 1 aliphatic rings. The normalized spacial score (nSPS) is 40.9. The molecule has 86 valence electrons. The summed E-state index contributed by atoms with van der Waals surface area (Å²) in [4.78, 5) is 2.79. The van der Waals surface area contributed by atoms with E-state index in [1.165, 1.54) is 0 Å². The highest BCUT2D eigenvalue weighted by Gasteiger charge is 2.40. The summed E-state index contributed by atoms with van der Waals surface area (Å²) in [5, 5.41) is 13.6. The van der Waals surface area contributed by atoms with Crippen molar-refractivity contribution in [2.75, 3.05) is 5.75 Å². The van der Waals surface area contributed by atoms with E-state index in [2.05, 4.69) is 10.0 Å². The first kappa shape index (κ1) is 12.6. The lowest BCUT2D eigenvalue weighted by molar-refractivity contribution is -0.106. The van der Waals surface area contributed by atoms with E-state index in [-0.39, 0.29) is 23.5 Å². The molecule has 6 heteroatoms. The fourth-order valence-electron chi connectivity index (χ4n) is 1.81. The van der Waals surface area contributed by atoms with E-state index in [0.717, 1.165) is 5.75 Å². The topological polar surface area (TPSA) is 78.2 Å². The maximum atomic E-state index is 9.95. The number of ether oxygens (including phenoxy) is 1. The molecule has 1 saturated heterocycles. The minimum atomic E-state index is -0.568. The summed E-state index contributed by atoms with van der Waals surface area (Å²) < 4.78 is 5.62. The van der Waals surface area contributed by atoms with Crippen molar-refractivity contribution in [3.8, 4) is 0 Å². The molecule has 2 unspecified atom stereocenters. The van der Waals surface area contributed by atoms with Gasteiger partial charge in [0.1, 0.15) is 5.44 Å². The molecule has 0 bridgehead atoms. The number of rotatable bonds is 3. The van der Waals surface area contributed by atoms with Gasteiger partial charge in [0.2, 0.25) is 0 Å². The minimum absolute atomic E-state index is 0.0614. The molecule has 0 aromatic rings. The Kier molecular flexibility index (Phi) is 4.73. The summed E-state index contributed by atoms with van der Waals surface area (Å²) in [6.45, 7) is 5.80. The SMILES string of the molecule is CCS[C@H]1OC(C)[C@@H](N=[N+]=[N-])[C@H](C)C1O. The van der Waals surface area contributed by atoms with Crippen LogP contribution >= 0.6 is 11.8 Å². The average molecular weight is 231 g/mol. The van der Waals surface area contributed by atoms with Crippen LogP contribution < -0.4 is 0 Å². The molecule has 1 fully saturated rings. The third kappa shape index (κ3) is 2.78. The molecule has 0 aromatic carbocycles. The first-order chi connectivity index (χ1) is 7.11. The summed E-state index contributed by atoms with van der Waals surface area (Å²) in [5.41, 5.74) is 8.22. The van der Waals surface area contributed by atoms with Crippen LogP contribution in [0.5, 0.6) is 0 Å². The summed E-state index contributed by atoms with van der Waals surface area (Å²) >= 11 is 1.58. The lowest BCUT2D eigenvalue weighted by atomic mass is 9.90. The Labute approximate surface area is 93.8 Å². The van der Waals surface area contributed by atoms with Crippen LogP contribution in [0.3, 0.4) is 0 Å². The zero-order valence-corrected chi connectivity index (χ0v) is 10.0. The number of hydrogen-bond donors (Lipinski definition) is 1. The van der Waals surface area contributed by atoms with E-state index in [0.29, 0.717) is 0 Å². The minimum Gasteiger partial charge on any atom is -0.389 e. The monoisotopic (exact) mass is 231 g/mol. The lowest BCUT2D eigenvalue weighted by Crippen LogP contribution is -2.50. The number of azide groups is 1. The lowest BCUT2D eigenvalue weighted by Gasteiger charge is -2.40. The molecule has 1 aliphatic heterocycles. The molecule has 5 atom stereocenters. The zero-order chi connectivity index (χ0) is 11.4. The van der Waals surface area contributed by atoms with Gasteiger partial charge in [0, 0.05) is 4.91 Å². The Morgan fingerprint density at radius 2 is 2.20 bits per heavy atom. The molecule has 1 heterocycles. The second-order valence-electron chi connectivity index (χ2n) is 3.71. The van der Waals surface area contributed by atoms with Gasteiger partial charge in [-0.15, -0.1) is 11.8 Å². The molecule has 0 aromatic heterocycles. The van der Waals surface area contributed by atoms with Crippen LogP contribution in [0.4, 0.5) is 0 Å². The zero-order valence-electron chi connectivity index (χ0n) is 9.20. The summed E-state index contributed by atoms with van der Waals surface area (Å²) in [6, 6.07) is -0.279. The highest BCUT2D eigenvalue weighted by Crippen LogP contribution is 2.33. The van der Waals surface area contributed by atoms with Crippen LogP contribution in [0, 0.1) is 5.92 Å². The van der Waals surface area contributed by atoms with Crippen molar-refractivity contribution in [1.82, 2.24) is 0 Å². The van der Waals surface area contributed by atoms with E-state index < -0.39 is 6.10 Å².